The smallest absolute Gasteiger partial charge is 0.269 e. The van der Waals surface area contributed by atoms with Crippen LogP contribution in [0.25, 0.3) is 10.8 Å². The molecule has 1 aliphatic heterocycles. The molecule has 2 aromatic carbocycles. The Morgan fingerprint density at radius 2 is 1.89 bits per heavy atom. The number of carbonyl (C=O) groups excluding carboxylic acids is 3. The Hall–Kier alpha value is -2.93. The van der Waals surface area contributed by atoms with E-state index in [4.69, 9.17) is 0 Å². The highest BCUT2D eigenvalue weighted by Crippen LogP contribution is 2.24. The number of imide groups is 1. The molecule has 0 aromatic heterocycles. The second-order valence-corrected chi connectivity index (χ2v) is 7.14. The van der Waals surface area contributed by atoms with E-state index in [2.05, 4.69) is 10.9 Å². The number of hydrogen-bond donors (Lipinski definition) is 3. The van der Waals surface area contributed by atoms with Gasteiger partial charge in [-0.2, -0.15) is 0 Å². The zero-order valence-electron chi connectivity index (χ0n) is 15.4. The fourth-order valence-corrected chi connectivity index (χ4v) is 3.05. The van der Waals surface area contributed by atoms with Crippen LogP contribution < -0.4 is 10.9 Å². The summed E-state index contributed by atoms with van der Waals surface area (Å²) >= 11 is 0. The normalized spacial score (nSPS) is 17.1. The van der Waals surface area contributed by atoms with E-state index in [1.165, 1.54) is 11.0 Å². The molecule has 27 heavy (non-hydrogen) atoms. The molecular formula is C20H23N3O4. The lowest BCUT2D eigenvalue weighted by Gasteiger charge is -2.17. The fourth-order valence-electron chi connectivity index (χ4n) is 3.05. The third kappa shape index (κ3) is 4.09. The number of benzene rings is 2. The molecule has 7 nitrogen and oxygen atoms in total. The van der Waals surface area contributed by atoms with Crippen molar-refractivity contribution in [2.24, 2.45) is 5.92 Å². The summed E-state index contributed by atoms with van der Waals surface area (Å²) in [7, 11) is 0. The van der Waals surface area contributed by atoms with E-state index >= 15 is 0 Å². The summed E-state index contributed by atoms with van der Waals surface area (Å²) in [6, 6.07) is 9.66. The summed E-state index contributed by atoms with van der Waals surface area (Å²) in [6.45, 7) is 4.43. The van der Waals surface area contributed by atoms with Crippen LogP contribution in [0, 0.1) is 5.92 Å². The zero-order chi connectivity index (χ0) is 19.6. The number of carbonyl (C=O) groups is 3. The van der Waals surface area contributed by atoms with Gasteiger partial charge in [-0.1, -0.05) is 38.1 Å². The SMILES string of the molecule is CC(C)CCN1C(=O)C[C@H](NNC(=O)c2cc3ccccc3cc2O)C1=O. The topological polar surface area (TPSA) is 98.7 Å². The van der Waals surface area contributed by atoms with Gasteiger partial charge in [0.15, 0.2) is 0 Å². The molecular weight excluding hydrogens is 346 g/mol. The molecule has 3 N–H and O–H groups in total. The minimum absolute atomic E-state index is 0.000904. The molecule has 1 fully saturated rings. The highest BCUT2D eigenvalue weighted by atomic mass is 16.3. The predicted molar refractivity (Wildman–Crippen MR) is 101 cm³/mol. The molecule has 0 spiro atoms. The Kier molecular flexibility index (Phi) is 5.41. The predicted octanol–water partition coefficient (Wildman–Crippen LogP) is 1.95. The number of hydrazine groups is 1. The maximum absolute atomic E-state index is 12.4. The molecule has 2 aromatic rings. The first-order valence-corrected chi connectivity index (χ1v) is 8.98. The molecule has 3 rings (SSSR count). The number of hydrogen-bond acceptors (Lipinski definition) is 5. The van der Waals surface area contributed by atoms with Crippen molar-refractivity contribution in [3.05, 3.63) is 42.0 Å². The quantitative estimate of drug-likeness (QED) is 0.534. The number of amides is 3. The Balaban J connectivity index is 1.65. The average molecular weight is 369 g/mol. The lowest BCUT2D eigenvalue weighted by Crippen LogP contribution is -2.48. The van der Waals surface area contributed by atoms with Gasteiger partial charge in [-0.05, 0) is 35.2 Å². The summed E-state index contributed by atoms with van der Waals surface area (Å²) in [5.41, 5.74) is 5.16. The van der Waals surface area contributed by atoms with Crippen molar-refractivity contribution in [2.75, 3.05) is 6.54 Å². The number of rotatable bonds is 6. The van der Waals surface area contributed by atoms with Crippen molar-refractivity contribution in [3.8, 4) is 5.75 Å². The van der Waals surface area contributed by atoms with Crippen molar-refractivity contribution in [1.82, 2.24) is 15.8 Å². The number of aromatic hydroxyl groups is 1. The van der Waals surface area contributed by atoms with Gasteiger partial charge in [0.25, 0.3) is 5.91 Å². The van der Waals surface area contributed by atoms with E-state index in [0.717, 1.165) is 17.2 Å². The van der Waals surface area contributed by atoms with Gasteiger partial charge in [0, 0.05) is 6.54 Å². The molecule has 7 heteroatoms. The van der Waals surface area contributed by atoms with Gasteiger partial charge >= 0.3 is 0 Å². The second-order valence-electron chi connectivity index (χ2n) is 7.14. The van der Waals surface area contributed by atoms with Crippen LogP contribution in [0.3, 0.4) is 0 Å². The number of nitrogens with zero attached hydrogens (tertiary/aromatic N) is 1. The molecule has 1 heterocycles. The minimum Gasteiger partial charge on any atom is -0.507 e. The van der Waals surface area contributed by atoms with Crippen LogP contribution in [-0.4, -0.2) is 40.3 Å². The number of phenols is 1. The monoisotopic (exact) mass is 369 g/mol. The summed E-state index contributed by atoms with van der Waals surface area (Å²) in [6.07, 6.45) is 0.739. The molecule has 0 saturated carbocycles. The van der Waals surface area contributed by atoms with E-state index in [1.807, 2.05) is 38.1 Å². The van der Waals surface area contributed by atoms with Gasteiger partial charge < -0.3 is 5.11 Å². The first-order valence-electron chi connectivity index (χ1n) is 8.98. The average Bonchev–Trinajstić information content (AvgIpc) is 2.90. The molecule has 0 unspecified atom stereocenters. The Morgan fingerprint density at radius 1 is 1.22 bits per heavy atom. The van der Waals surface area contributed by atoms with Gasteiger partial charge in [-0.15, -0.1) is 0 Å². The van der Waals surface area contributed by atoms with Crippen LogP contribution in [0.1, 0.15) is 37.0 Å². The van der Waals surface area contributed by atoms with E-state index in [1.54, 1.807) is 6.07 Å². The van der Waals surface area contributed by atoms with Gasteiger partial charge in [0.2, 0.25) is 11.8 Å². The lowest BCUT2D eigenvalue weighted by atomic mass is 10.1. The standard InChI is InChI=1S/C20H23N3O4/c1-12(2)7-8-23-18(25)11-16(20(23)27)21-22-19(26)15-9-13-5-3-4-6-14(13)10-17(15)24/h3-6,9-10,12,16,21,24H,7-8,11H2,1-2H3,(H,22,26)/t16-/m0/s1. The summed E-state index contributed by atoms with van der Waals surface area (Å²) in [4.78, 5) is 38.0. The maximum Gasteiger partial charge on any atom is 0.269 e. The number of likely N-dealkylation sites (tertiary alicyclic amines) is 1. The second kappa shape index (κ2) is 7.75. The van der Waals surface area contributed by atoms with Gasteiger partial charge in [0.1, 0.15) is 11.8 Å². The van der Waals surface area contributed by atoms with Crippen molar-refractivity contribution >= 4 is 28.5 Å². The summed E-state index contributed by atoms with van der Waals surface area (Å²) in [5, 5.41) is 11.7. The molecule has 1 saturated heterocycles. The van der Waals surface area contributed by atoms with Crippen molar-refractivity contribution in [3.63, 3.8) is 0 Å². The van der Waals surface area contributed by atoms with E-state index in [9.17, 15) is 19.5 Å². The van der Waals surface area contributed by atoms with Crippen LogP contribution in [0.2, 0.25) is 0 Å². The van der Waals surface area contributed by atoms with Crippen molar-refractivity contribution in [1.29, 1.82) is 0 Å². The third-order valence-corrected chi connectivity index (χ3v) is 4.64. The molecule has 142 valence electrons. The number of phenolic OH excluding ortho intramolecular Hbond substituents is 1. The number of nitrogens with one attached hydrogen (secondary N) is 2. The number of fused-ring (bicyclic) bond motifs is 1. The van der Waals surface area contributed by atoms with Gasteiger partial charge in [0.05, 0.1) is 12.0 Å². The molecule has 0 aliphatic carbocycles. The minimum atomic E-state index is -0.795. The van der Waals surface area contributed by atoms with Crippen LogP contribution in [0.5, 0.6) is 5.75 Å². The zero-order valence-corrected chi connectivity index (χ0v) is 15.4. The largest absolute Gasteiger partial charge is 0.507 e. The third-order valence-electron chi connectivity index (χ3n) is 4.64. The first-order chi connectivity index (χ1) is 12.9. The van der Waals surface area contributed by atoms with Gasteiger partial charge in [-0.3, -0.25) is 24.7 Å². The van der Waals surface area contributed by atoms with Crippen LogP contribution >= 0.6 is 0 Å². The highest BCUT2D eigenvalue weighted by Gasteiger charge is 2.38. The maximum atomic E-state index is 12.4. The Morgan fingerprint density at radius 3 is 2.56 bits per heavy atom. The van der Waals surface area contributed by atoms with Crippen molar-refractivity contribution in [2.45, 2.75) is 32.7 Å². The Bertz CT molecular complexity index is 894. The first kappa shape index (κ1) is 18.8. The molecule has 0 radical (unpaired) electrons. The summed E-state index contributed by atoms with van der Waals surface area (Å²) < 4.78 is 0. The molecule has 1 atom stereocenters. The molecule has 3 amide bonds. The van der Waals surface area contributed by atoms with Crippen molar-refractivity contribution < 1.29 is 19.5 Å². The van der Waals surface area contributed by atoms with Crippen LogP contribution in [0.15, 0.2) is 36.4 Å². The highest BCUT2D eigenvalue weighted by molar-refractivity contribution is 6.06. The summed E-state index contributed by atoms with van der Waals surface area (Å²) in [5.74, 6) is -0.933. The molecule has 1 aliphatic rings. The van der Waals surface area contributed by atoms with E-state index < -0.39 is 11.9 Å². The lowest BCUT2D eigenvalue weighted by molar-refractivity contribution is -0.139. The fraction of sp³-hybridized carbons (Fsp3) is 0.350. The Labute approximate surface area is 157 Å². The van der Waals surface area contributed by atoms with E-state index in [0.29, 0.717) is 12.5 Å². The molecule has 0 bridgehead atoms. The van der Waals surface area contributed by atoms with E-state index in [-0.39, 0.29) is 29.5 Å². The van der Waals surface area contributed by atoms with Gasteiger partial charge in [-0.25, -0.2) is 5.43 Å². The van der Waals surface area contributed by atoms with Crippen LogP contribution in [-0.2, 0) is 9.59 Å². The van der Waals surface area contributed by atoms with Crippen LogP contribution in [0.4, 0.5) is 0 Å².